The lowest BCUT2D eigenvalue weighted by atomic mass is 10.1. The fourth-order valence-electron chi connectivity index (χ4n) is 1.31. The number of hydrogen-bond donors (Lipinski definition) is 2. The number of anilines is 1. The van der Waals surface area contributed by atoms with Crippen molar-refractivity contribution in [2.75, 3.05) is 11.9 Å². The van der Waals surface area contributed by atoms with Crippen molar-refractivity contribution in [1.82, 2.24) is 0 Å². The van der Waals surface area contributed by atoms with Crippen LogP contribution in [0.1, 0.15) is 24.2 Å². The number of Topliss-reactive ketones (excluding diaryl/α,β-unsaturated/α-hetero) is 1. The van der Waals surface area contributed by atoms with Crippen LogP contribution in [0.4, 0.5) is 11.4 Å². The van der Waals surface area contributed by atoms with Gasteiger partial charge in [0.1, 0.15) is 5.69 Å². The minimum absolute atomic E-state index is 0.168. The lowest BCUT2D eigenvalue weighted by Crippen LogP contribution is -2.16. The third-order valence-corrected chi connectivity index (χ3v) is 2.19. The highest BCUT2D eigenvalue weighted by atomic mass is 16.6. The molecule has 1 rings (SSSR count). The molecule has 0 aliphatic carbocycles. The molecule has 0 amide bonds. The van der Waals surface area contributed by atoms with Gasteiger partial charge in [-0.05, 0) is 26.0 Å². The summed E-state index contributed by atoms with van der Waals surface area (Å²) in [6, 6.07) is 4.21. The lowest BCUT2D eigenvalue weighted by molar-refractivity contribution is -0.384. The fourth-order valence-corrected chi connectivity index (χ4v) is 1.31. The molecular weight excluding hydrogens is 224 g/mol. The minimum Gasteiger partial charge on any atom is -0.392 e. The highest BCUT2D eigenvalue weighted by molar-refractivity contribution is 5.95. The SMILES string of the molecule is CC(=O)c1ccc(NC[C@H](C)O)c([N+](=O)[O-])c1. The summed E-state index contributed by atoms with van der Waals surface area (Å²) in [6.07, 6.45) is -0.609. The Kier molecular flexibility index (Phi) is 4.17. The van der Waals surface area contributed by atoms with Crippen LogP contribution in [0.3, 0.4) is 0 Å². The van der Waals surface area contributed by atoms with E-state index in [-0.39, 0.29) is 18.0 Å². The molecule has 0 aliphatic heterocycles. The van der Waals surface area contributed by atoms with E-state index in [1.165, 1.54) is 25.1 Å². The molecule has 0 aliphatic rings. The summed E-state index contributed by atoms with van der Waals surface area (Å²) in [4.78, 5) is 21.4. The Morgan fingerprint density at radius 1 is 1.59 bits per heavy atom. The van der Waals surface area contributed by atoms with Gasteiger partial charge in [0.2, 0.25) is 0 Å². The molecule has 1 aromatic rings. The fraction of sp³-hybridized carbons (Fsp3) is 0.364. The Morgan fingerprint density at radius 2 is 2.24 bits per heavy atom. The summed E-state index contributed by atoms with van der Waals surface area (Å²) in [5, 5.41) is 22.7. The van der Waals surface area contributed by atoms with Crippen LogP contribution < -0.4 is 5.32 Å². The second-order valence-electron chi connectivity index (χ2n) is 3.78. The van der Waals surface area contributed by atoms with Crippen LogP contribution in [0.15, 0.2) is 18.2 Å². The van der Waals surface area contributed by atoms with Gasteiger partial charge in [0.05, 0.1) is 11.0 Å². The first-order valence-corrected chi connectivity index (χ1v) is 5.13. The molecule has 17 heavy (non-hydrogen) atoms. The lowest BCUT2D eigenvalue weighted by Gasteiger charge is -2.09. The molecule has 6 nitrogen and oxygen atoms in total. The van der Waals surface area contributed by atoms with Crippen LogP contribution in [-0.2, 0) is 0 Å². The topological polar surface area (TPSA) is 92.5 Å². The van der Waals surface area contributed by atoms with E-state index in [1.807, 2.05) is 0 Å². The van der Waals surface area contributed by atoms with Gasteiger partial charge in [-0.3, -0.25) is 14.9 Å². The van der Waals surface area contributed by atoms with E-state index in [9.17, 15) is 14.9 Å². The molecule has 0 radical (unpaired) electrons. The molecule has 0 saturated carbocycles. The largest absolute Gasteiger partial charge is 0.392 e. The third-order valence-electron chi connectivity index (χ3n) is 2.19. The number of carbonyl (C=O) groups excluding carboxylic acids is 1. The average molecular weight is 238 g/mol. The molecule has 0 aromatic heterocycles. The van der Waals surface area contributed by atoms with Crippen molar-refractivity contribution in [3.63, 3.8) is 0 Å². The van der Waals surface area contributed by atoms with Gasteiger partial charge in [0, 0.05) is 18.2 Å². The summed E-state index contributed by atoms with van der Waals surface area (Å²) in [5.41, 5.74) is 0.415. The normalized spacial score (nSPS) is 11.9. The van der Waals surface area contributed by atoms with Gasteiger partial charge >= 0.3 is 0 Å². The molecule has 0 heterocycles. The van der Waals surface area contributed by atoms with Gasteiger partial charge in [0.25, 0.3) is 5.69 Å². The van der Waals surface area contributed by atoms with E-state index in [2.05, 4.69) is 5.32 Å². The Hall–Kier alpha value is -1.95. The number of nitrogens with one attached hydrogen (secondary N) is 1. The summed E-state index contributed by atoms with van der Waals surface area (Å²) in [5.74, 6) is -0.227. The minimum atomic E-state index is -0.609. The van der Waals surface area contributed by atoms with Crippen molar-refractivity contribution in [3.05, 3.63) is 33.9 Å². The summed E-state index contributed by atoms with van der Waals surface area (Å²) < 4.78 is 0. The zero-order chi connectivity index (χ0) is 13.0. The van der Waals surface area contributed by atoms with Gasteiger partial charge in [0.15, 0.2) is 5.78 Å². The van der Waals surface area contributed by atoms with E-state index in [1.54, 1.807) is 6.92 Å². The number of nitro groups is 1. The van der Waals surface area contributed by atoms with E-state index in [0.29, 0.717) is 11.3 Å². The highest BCUT2D eigenvalue weighted by Crippen LogP contribution is 2.25. The van der Waals surface area contributed by atoms with E-state index in [0.717, 1.165) is 0 Å². The molecule has 0 saturated heterocycles. The zero-order valence-corrected chi connectivity index (χ0v) is 9.64. The number of rotatable bonds is 5. The first-order chi connectivity index (χ1) is 7.91. The van der Waals surface area contributed by atoms with E-state index >= 15 is 0 Å². The standard InChI is InChI=1S/C11H14N2O4/c1-7(14)6-12-10-4-3-9(8(2)15)5-11(10)13(16)17/h3-5,7,12,14H,6H2,1-2H3/t7-/m0/s1. The number of aliphatic hydroxyl groups excluding tert-OH is 1. The van der Waals surface area contributed by atoms with Crippen LogP contribution in [0.2, 0.25) is 0 Å². The quantitative estimate of drug-likeness (QED) is 0.461. The highest BCUT2D eigenvalue weighted by Gasteiger charge is 2.16. The number of ketones is 1. The number of carbonyl (C=O) groups is 1. The number of nitro benzene ring substituents is 1. The molecule has 0 unspecified atom stereocenters. The second-order valence-corrected chi connectivity index (χ2v) is 3.78. The molecule has 92 valence electrons. The number of aliphatic hydroxyl groups is 1. The van der Waals surface area contributed by atoms with Gasteiger partial charge in [-0.2, -0.15) is 0 Å². The zero-order valence-electron chi connectivity index (χ0n) is 9.64. The van der Waals surface area contributed by atoms with Crippen LogP contribution >= 0.6 is 0 Å². The second kappa shape index (κ2) is 5.40. The maximum atomic E-state index is 11.1. The monoisotopic (exact) mass is 238 g/mol. The van der Waals surface area contributed by atoms with Gasteiger partial charge in [-0.15, -0.1) is 0 Å². The smallest absolute Gasteiger partial charge is 0.293 e. The summed E-state index contributed by atoms with van der Waals surface area (Å²) in [6.45, 7) is 3.13. The molecular formula is C11H14N2O4. The molecule has 1 aromatic carbocycles. The van der Waals surface area contributed by atoms with Crippen LogP contribution in [0.5, 0.6) is 0 Å². The van der Waals surface area contributed by atoms with Crippen LogP contribution in [0.25, 0.3) is 0 Å². The van der Waals surface area contributed by atoms with Crippen molar-refractivity contribution in [3.8, 4) is 0 Å². The van der Waals surface area contributed by atoms with Crippen LogP contribution in [-0.4, -0.2) is 28.5 Å². The molecule has 1 atom stereocenters. The maximum Gasteiger partial charge on any atom is 0.293 e. The van der Waals surface area contributed by atoms with Crippen molar-refractivity contribution >= 4 is 17.2 Å². The maximum absolute atomic E-state index is 11.1. The van der Waals surface area contributed by atoms with Gasteiger partial charge in [-0.1, -0.05) is 0 Å². The third kappa shape index (κ3) is 3.53. The van der Waals surface area contributed by atoms with Crippen molar-refractivity contribution < 1.29 is 14.8 Å². The summed E-state index contributed by atoms with van der Waals surface area (Å²) in [7, 11) is 0. The summed E-state index contributed by atoms with van der Waals surface area (Å²) >= 11 is 0. The Balaban J connectivity index is 3.04. The number of hydrogen-bond acceptors (Lipinski definition) is 5. The number of nitrogens with zero attached hydrogens (tertiary/aromatic N) is 1. The predicted octanol–water partition coefficient (Wildman–Crippen LogP) is 1.59. The van der Waals surface area contributed by atoms with E-state index < -0.39 is 11.0 Å². The van der Waals surface area contributed by atoms with Crippen molar-refractivity contribution in [2.24, 2.45) is 0 Å². The van der Waals surface area contributed by atoms with Gasteiger partial charge in [-0.25, -0.2) is 0 Å². The molecule has 2 N–H and O–H groups in total. The Labute approximate surface area is 98.4 Å². The Morgan fingerprint density at radius 3 is 2.71 bits per heavy atom. The number of benzene rings is 1. The molecule has 0 bridgehead atoms. The first kappa shape index (κ1) is 13.1. The molecule has 0 fully saturated rings. The van der Waals surface area contributed by atoms with E-state index in [4.69, 9.17) is 5.11 Å². The predicted molar refractivity (Wildman–Crippen MR) is 63.3 cm³/mol. The molecule has 0 spiro atoms. The van der Waals surface area contributed by atoms with Crippen molar-refractivity contribution in [1.29, 1.82) is 0 Å². The first-order valence-electron chi connectivity index (χ1n) is 5.13. The average Bonchev–Trinajstić information content (AvgIpc) is 2.25. The van der Waals surface area contributed by atoms with Crippen LogP contribution in [0, 0.1) is 10.1 Å². The molecule has 6 heteroatoms. The van der Waals surface area contributed by atoms with Crippen molar-refractivity contribution in [2.45, 2.75) is 20.0 Å². The van der Waals surface area contributed by atoms with Gasteiger partial charge < -0.3 is 10.4 Å². The Bertz CT molecular complexity index is 443.